The Morgan fingerprint density at radius 1 is 1.45 bits per heavy atom. The first-order valence-electron chi connectivity index (χ1n) is 7.53. The highest BCUT2D eigenvalue weighted by Crippen LogP contribution is 2.25. The minimum atomic E-state index is 0.795. The van der Waals surface area contributed by atoms with Crippen LogP contribution in [0.25, 0.3) is 10.2 Å². The predicted molar refractivity (Wildman–Crippen MR) is 86.0 cm³/mol. The number of nitrogens with zero attached hydrogens (tertiary/aromatic N) is 2. The second-order valence-corrected chi connectivity index (χ2v) is 7.09. The first kappa shape index (κ1) is 14.0. The number of fused-ring (bicyclic) bond motifs is 1. The molecule has 1 aliphatic heterocycles. The summed E-state index contributed by atoms with van der Waals surface area (Å²) in [5, 5.41) is 1.15. The van der Waals surface area contributed by atoms with Crippen LogP contribution in [0.2, 0.25) is 0 Å². The molecule has 0 saturated carbocycles. The van der Waals surface area contributed by atoms with Crippen molar-refractivity contribution in [3.63, 3.8) is 0 Å². The standard InChI is InChI=1S/C16H23N3S/c1-12-18-15-5-4-14(9-16(15)20-12)11-19-8-2-3-13(10-19)6-7-17/h4-5,9,13H,2-3,6-8,10-11,17H2,1H3. The van der Waals surface area contributed by atoms with Gasteiger partial charge in [0.2, 0.25) is 0 Å². The lowest BCUT2D eigenvalue weighted by atomic mass is 9.94. The molecule has 0 aliphatic carbocycles. The highest BCUT2D eigenvalue weighted by atomic mass is 32.1. The Kier molecular flexibility index (Phi) is 4.34. The minimum Gasteiger partial charge on any atom is -0.330 e. The maximum atomic E-state index is 5.70. The zero-order chi connectivity index (χ0) is 13.9. The van der Waals surface area contributed by atoms with E-state index >= 15 is 0 Å². The fourth-order valence-electron chi connectivity index (χ4n) is 3.21. The van der Waals surface area contributed by atoms with Crippen LogP contribution in [0.4, 0.5) is 0 Å². The molecule has 1 atom stereocenters. The third kappa shape index (κ3) is 3.19. The molecule has 1 unspecified atom stereocenters. The Balaban J connectivity index is 1.68. The smallest absolute Gasteiger partial charge is 0.0907 e. The molecule has 0 amide bonds. The third-order valence-electron chi connectivity index (χ3n) is 4.14. The first-order chi connectivity index (χ1) is 9.74. The van der Waals surface area contributed by atoms with Crippen molar-refractivity contribution in [3.8, 4) is 0 Å². The van der Waals surface area contributed by atoms with Crippen molar-refractivity contribution >= 4 is 21.6 Å². The molecular formula is C16H23N3S. The van der Waals surface area contributed by atoms with E-state index in [-0.39, 0.29) is 0 Å². The number of aryl methyl sites for hydroxylation is 1. The largest absolute Gasteiger partial charge is 0.330 e. The monoisotopic (exact) mass is 289 g/mol. The van der Waals surface area contributed by atoms with Crippen LogP contribution in [-0.4, -0.2) is 29.5 Å². The van der Waals surface area contributed by atoms with Crippen molar-refractivity contribution in [2.24, 2.45) is 11.7 Å². The Bertz CT molecular complexity index is 576. The Labute approximate surface area is 124 Å². The number of likely N-dealkylation sites (tertiary alicyclic amines) is 1. The molecule has 20 heavy (non-hydrogen) atoms. The molecule has 2 N–H and O–H groups in total. The van der Waals surface area contributed by atoms with Crippen LogP contribution in [0, 0.1) is 12.8 Å². The van der Waals surface area contributed by atoms with Crippen LogP contribution < -0.4 is 5.73 Å². The summed E-state index contributed by atoms with van der Waals surface area (Å²) in [6, 6.07) is 6.70. The SMILES string of the molecule is Cc1nc2ccc(CN3CCCC(CCN)C3)cc2s1. The lowest BCUT2D eigenvalue weighted by molar-refractivity contribution is 0.163. The number of piperidine rings is 1. The van der Waals surface area contributed by atoms with Gasteiger partial charge in [0, 0.05) is 13.1 Å². The van der Waals surface area contributed by atoms with Crippen LogP contribution >= 0.6 is 11.3 Å². The lowest BCUT2D eigenvalue weighted by Gasteiger charge is -2.32. The zero-order valence-corrected chi connectivity index (χ0v) is 13.0. The zero-order valence-electron chi connectivity index (χ0n) is 12.1. The van der Waals surface area contributed by atoms with Gasteiger partial charge in [-0.2, -0.15) is 0 Å². The van der Waals surface area contributed by atoms with Gasteiger partial charge in [0.1, 0.15) is 0 Å². The normalized spacial score (nSPS) is 20.6. The van der Waals surface area contributed by atoms with Gasteiger partial charge in [-0.25, -0.2) is 4.98 Å². The number of aromatic nitrogens is 1. The van der Waals surface area contributed by atoms with Gasteiger partial charge in [0.15, 0.2) is 0 Å². The van der Waals surface area contributed by atoms with E-state index in [0.717, 1.165) is 29.5 Å². The Morgan fingerprint density at radius 3 is 3.20 bits per heavy atom. The maximum Gasteiger partial charge on any atom is 0.0907 e. The van der Waals surface area contributed by atoms with E-state index in [1.54, 1.807) is 11.3 Å². The van der Waals surface area contributed by atoms with Crippen molar-refractivity contribution in [3.05, 3.63) is 28.8 Å². The van der Waals surface area contributed by atoms with E-state index in [0.29, 0.717) is 0 Å². The van der Waals surface area contributed by atoms with E-state index in [2.05, 4.69) is 35.0 Å². The second-order valence-electron chi connectivity index (χ2n) is 5.86. The summed E-state index contributed by atoms with van der Waals surface area (Å²) >= 11 is 1.79. The molecule has 2 heterocycles. The summed E-state index contributed by atoms with van der Waals surface area (Å²) in [5.41, 5.74) is 8.24. The predicted octanol–water partition coefficient (Wildman–Crippen LogP) is 3.17. The summed E-state index contributed by atoms with van der Waals surface area (Å²) in [7, 11) is 0. The fraction of sp³-hybridized carbons (Fsp3) is 0.562. The molecule has 1 aliphatic rings. The molecule has 1 saturated heterocycles. The molecule has 3 nitrogen and oxygen atoms in total. The quantitative estimate of drug-likeness (QED) is 0.940. The summed E-state index contributed by atoms with van der Waals surface area (Å²) in [4.78, 5) is 7.11. The fourth-order valence-corrected chi connectivity index (χ4v) is 4.10. The number of hydrogen-bond donors (Lipinski definition) is 1. The Morgan fingerprint density at radius 2 is 2.35 bits per heavy atom. The van der Waals surface area contributed by atoms with Crippen molar-refractivity contribution in [2.45, 2.75) is 32.7 Å². The van der Waals surface area contributed by atoms with Crippen molar-refractivity contribution in [1.29, 1.82) is 0 Å². The number of thiazole rings is 1. The van der Waals surface area contributed by atoms with Gasteiger partial charge < -0.3 is 5.73 Å². The molecule has 3 rings (SSSR count). The van der Waals surface area contributed by atoms with Crippen LogP contribution in [0.5, 0.6) is 0 Å². The average molecular weight is 289 g/mol. The van der Waals surface area contributed by atoms with Crippen molar-refractivity contribution in [2.75, 3.05) is 19.6 Å². The molecule has 2 aromatic rings. The number of hydrogen-bond acceptors (Lipinski definition) is 4. The van der Waals surface area contributed by atoms with Gasteiger partial charge in [0.05, 0.1) is 15.2 Å². The molecular weight excluding hydrogens is 266 g/mol. The van der Waals surface area contributed by atoms with Gasteiger partial charge in [-0.1, -0.05) is 6.07 Å². The van der Waals surface area contributed by atoms with Gasteiger partial charge in [-0.05, 0) is 62.9 Å². The summed E-state index contributed by atoms with van der Waals surface area (Å²) < 4.78 is 1.32. The van der Waals surface area contributed by atoms with Crippen LogP contribution in [0.15, 0.2) is 18.2 Å². The topological polar surface area (TPSA) is 42.2 Å². The van der Waals surface area contributed by atoms with Crippen LogP contribution in [0.3, 0.4) is 0 Å². The van der Waals surface area contributed by atoms with E-state index < -0.39 is 0 Å². The molecule has 4 heteroatoms. The van der Waals surface area contributed by atoms with Crippen LogP contribution in [0.1, 0.15) is 29.8 Å². The van der Waals surface area contributed by atoms with Crippen molar-refractivity contribution in [1.82, 2.24) is 9.88 Å². The van der Waals surface area contributed by atoms with Gasteiger partial charge in [-0.3, -0.25) is 4.90 Å². The van der Waals surface area contributed by atoms with Crippen molar-refractivity contribution < 1.29 is 0 Å². The minimum absolute atomic E-state index is 0.795. The summed E-state index contributed by atoms with van der Waals surface area (Å²) in [6.45, 7) is 6.39. The van der Waals surface area contributed by atoms with E-state index in [1.807, 2.05) is 0 Å². The number of benzene rings is 1. The molecule has 0 radical (unpaired) electrons. The van der Waals surface area contributed by atoms with Gasteiger partial charge in [-0.15, -0.1) is 11.3 Å². The van der Waals surface area contributed by atoms with E-state index in [1.165, 1.54) is 42.6 Å². The van der Waals surface area contributed by atoms with E-state index in [9.17, 15) is 0 Å². The molecule has 0 bridgehead atoms. The molecule has 1 aromatic heterocycles. The maximum absolute atomic E-state index is 5.70. The molecule has 0 spiro atoms. The number of nitrogens with two attached hydrogens (primary N) is 1. The van der Waals surface area contributed by atoms with Gasteiger partial charge in [0.25, 0.3) is 0 Å². The van der Waals surface area contributed by atoms with E-state index in [4.69, 9.17) is 5.73 Å². The van der Waals surface area contributed by atoms with Gasteiger partial charge >= 0.3 is 0 Å². The second kappa shape index (κ2) is 6.20. The highest BCUT2D eigenvalue weighted by Gasteiger charge is 2.19. The molecule has 1 aromatic carbocycles. The Hall–Kier alpha value is -0.970. The third-order valence-corrected chi connectivity index (χ3v) is 5.08. The summed E-state index contributed by atoms with van der Waals surface area (Å²) in [6.07, 6.45) is 3.83. The number of rotatable bonds is 4. The van der Waals surface area contributed by atoms with Crippen LogP contribution in [-0.2, 0) is 6.54 Å². The first-order valence-corrected chi connectivity index (χ1v) is 8.35. The highest BCUT2D eigenvalue weighted by molar-refractivity contribution is 7.18. The lowest BCUT2D eigenvalue weighted by Crippen LogP contribution is -2.35. The average Bonchev–Trinajstić information content (AvgIpc) is 2.79. The summed E-state index contributed by atoms with van der Waals surface area (Å²) in [5.74, 6) is 0.795. The molecule has 1 fully saturated rings. The molecule has 108 valence electrons.